The highest BCUT2D eigenvalue weighted by molar-refractivity contribution is 8.02. The SMILES string of the molecule is CC#CN1C(=O)C(C)SC1(C)CCCCCC. The number of carbonyl (C=O) groups excluding carboxylic acids is 1. The molecular formula is C14H23NOS. The molecule has 1 rings (SSSR count). The highest BCUT2D eigenvalue weighted by Gasteiger charge is 2.45. The van der Waals surface area contributed by atoms with Crippen molar-refractivity contribution in [2.24, 2.45) is 0 Å². The Balaban J connectivity index is 2.64. The summed E-state index contributed by atoms with van der Waals surface area (Å²) in [5.74, 6) is 3.03. The molecule has 1 heterocycles. The molecule has 0 bridgehead atoms. The van der Waals surface area contributed by atoms with Crippen LogP contribution in [0.1, 0.15) is 59.8 Å². The number of nitrogens with zero attached hydrogens (tertiary/aromatic N) is 1. The standard InChI is InChI=1S/C14H23NOS/c1-5-7-8-9-10-14(4)15(11-6-2)13(16)12(3)17-14/h12H,5,7-10H2,1-4H3. The van der Waals surface area contributed by atoms with Gasteiger partial charge in [-0.1, -0.05) is 38.5 Å². The van der Waals surface area contributed by atoms with Crippen LogP contribution >= 0.6 is 11.8 Å². The van der Waals surface area contributed by atoms with Gasteiger partial charge < -0.3 is 0 Å². The van der Waals surface area contributed by atoms with Gasteiger partial charge >= 0.3 is 0 Å². The molecule has 1 saturated heterocycles. The summed E-state index contributed by atoms with van der Waals surface area (Å²) >= 11 is 1.76. The predicted molar refractivity (Wildman–Crippen MR) is 74.5 cm³/mol. The quantitative estimate of drug-likeness (QED) is 0.551. The van der Waals surface area contributed by atoms with Crippen LogP contribution in [-0.4, -0.2) is 20.9 Å². The lowest BCUT2D eigenvalue weighted by Gasteiger charge is -2.29. The van der Waals surface area contributed by atoms with Crippen molar-refractivity contribution in [1.29, 1.82) is 0 Å². The van der Waals surface area contributed by atoms with E-state index in [1.54, 1.807) is 23.6 Å². The van der Waals surface area contributed by atoms with Crippen LogP contribution in [-0.2, 0) is 4.79 Å². The second-order valence-electron chi connectivity index (χ2n) is 4.78. The lowest BCUT2D eigenvalue weighted by Crippen LogP contribution is -2.38. The Morgan fingerprint density at radius 1 is 1.41 bits per heavy atom. The summed E-state index contributed by atoms with van der Waals surface area (Å²) < 4.78 is 0. The van der Waals surface area contributed by atoms with Crippen LogP contribution < -0.4 is 0 Å². The van der Waals surface area contributed by atoms with E-state index in [0.29, 0.717) is 0 Å². The van der Waals surface area contributed by atoms with Crippen molar-refractivity contribution in [2.75, 3.05) is 0 Å². The van der Waals surface area contributed by atoms with Gasteiger partial charge in [-0.15, -0.1) is 11.8 Å². The molecule has 0 aromatic heterocycles. The number of unbranched alkanes of at least 4 members (excludes halogenated alkanes) is 3. The average Bonchev–Trinajstić information content (AvgIpc) is 2.50. The van der Waals surface area contributed by atoms with Crippen LogP contribution in [0.15, 0.2) is 0 Å². The van der Waals surface area contributed by atoms with Crippen molar-refractivity contribution in [3.8, 4) is 12.0 Å². The molecule has 0 aromatic carbocycles. The second-order valence-corrected chi connectivity index (χ2v) is 6.60. The zero-order valence-corrected chi connectivity index (χ0v) is 12.2. The fourth-order valence-electron chi connectivity index (χ4n) is 2.23. The lowest BCUT2D eigenvalue weighted by molar-refractivity contribution is -0.128. The number of rotatable bonds is 5. The van der Waals surface area contributed by atoms with Gasteiger partial charge in [0.1, 0.15) is 0 Å². The normalized spacial score (nSPS) is 28.1. The fraction of sp³-hybridized carbons (Fsp3) is 0.786. The number of amides is 1. The number of hydrogen-bond donors (Lipinski definition) is 0. The van der Waals surface area contributed by atoms with Crippen LogP contribution in [0.2, 0.25) is 0 Å². The van der Waals surface area contributed by atoms with Gasteiger partial charge in [-0.05, 0) is 27.2 Å². The van der Waals surface area contributed by atoms with Crippen LogP contribution in [0.25, 0.3) is 0 Å². The summed E-state index contributed by atoms with van der Waals surface area (Å²) in [4.78, 5) is 13.6. The Labute approximate surface area is 110 Å². The molecule has 1 aliphatic heterocycles. The number of carbonyl (C=O) groups is 1. The van der Waals surface area contributed by atoms with Gasteiger partial charge in [0.15, 0.2) is 0 Å². The minimum atomic E-state index is -0.118. The Bertz CT molecular complexity index is 331. The zero-order chi connectivity index (χ0) is 12.9. The first kappa shape index (κ1) is 14.4. The van der Waals surface area contributed by atoms with Crippen LogP contribution in [0.3, 0.4) is 0 Å². The molecule has 1 fully saturated rings. The molecular weight excluding hydrogens is 230 g/mol. The Kier molecular flexibility index (Phi) is 5.39. The van der Waals surface area contributed by atoms with Crippen molar-refractivity contribution in [3.63, 3.8) is 0 Å². The first-order chi connectivity index (χ1) is 8.05. The lowest BCUT2D eigenvalue weighted by atomic mass is 10.1. The van der Waals surface area contributed by atoms with E-state index in [9.17, 15) is 4.79 Å². The van der Waals surface area contributed by atoms with Gasteiger partial charge in [0.25, 0.3) is 0 Å². The van der Waals surface area contributed by atoms with Gasteiger partial charge in [-0.25, -0.2) is 0 Å². The van der Waals surface area contributed by atoms with Crippen LogP contribution in [0, 0.1) is 12.0 Å². The third-order valence-corrected chi connectivity index (χ3v) is 4.64. The topological polar surface area (TPSA) is 20.3 Å². The van der Waals surface area contributed by atoms with Gasteiger partial charge in [-0.3, -0.25) is 9.69 Å². The smallest absolute Gasteiger partial charge is 0.248 e. The largest absolute Gasteiger partial charge is 0.273 e. The molecule has 0 N–H and O–H groups in total. The summed E-state index contributed by atoms with van der Waals surface area (Å²) in [6.07, 6.45) is 6.01. The maximum absolute atomic E-state index is 12.0. The molecule has 0 aliphatic carbocycles. The van der Waals surface area contributed by atoms with Crippen LogP contribution in [0.5, 0.6) is 0 Å². The first-order valence-electron chi connectivity index (χ1n) is 6.49. The highest BCUT2D eigenvalue weighted by Crippen LogP contribution is 2.43. The maximum atomic E-state index is 12.0. The van der Waals surface area contributed by atoms with Crippen molar-refractivity contribution in [2.45, 2.75) is 69.9 Å². The third-order valence-electron chi connectivity index (χ3n) is 3.19. The first-order valence-corrected chi connectivity index (χ1v) is 7.37. The summed E-state index contributed by atoms with van der Waals surface area (Å²) in [5, 5.41) is 0.0482. The van der Waals surface area contributed by atoms with Crippen molar-refractivity contribution < 1.29 is 4.79 Å². The summed E-state index contributed by atoms with van der Waals surface area (Å²) in [7, 11) is 0. The molecule has 2 atom stereocenters. The molecule has 0 saturated carbocycles. The Morgan fingerprint density at radius 3 is 2.71 bits per heavy atom. The summed E-state index contributed by atoms with van der Waals surface area (Å²) in [5.41, 5.74) is 0. The molecule has 0 radical (unpaired) electrons. The minimum absolute atomic E-state index is 0.0482. The molecule has 2 unspecified atom stereocenters. The Hall–Kier alpha value is -0.620. The second kappa shape index (κ2) is 6.35. The molecule has 2 nitrogen and oxygen atoms in total. The predicted octanol–water partition coefficient (Wildman–Crippen LogP) is 3.62. The van der Waals surface area contributed by atoms with E-state index < -0.39 is 0 Å². The van der Waals surface area contributed by atoms with E-state index in [-0.39, 0.29) is 16.0 Å². The van der Waals surface area contributed by atoms with Gasteiger partial charge in [-0.2, -0.15) is 0 Å². The molecule has 0 spiro atoms. The Morgan fingerprint density at radius 2 is 2.12 bits per heavy atom. The van der Waals surface area contributed by atoms with Crippen LogP contribution in [0.4, 0.5) is 0 Å². The number of thioether (sulfide) groups is 1. The van der Waals surface area contributed by atoms with E-state index in [1.165, 1.54) is 25.7 Å². The molecule has 96 valence electrons. The van der Waals surface area contributed by atoms with Gasteiger partial charge in [0.2, 0.25) is 5.91 Å². The average molecular weight is 253 g/mol. The van der Waals surface area contributed by atoms with Gasteiger partial charge in [0, 0.05) is 6.04 Å². The maximum Gasteiger partial charge on any atom is 0.248 e. The third kappa shape index (κ3) is 3.42. The zero-order valence-electron chi connectivity index (χ0n) is 11.4. The number of hydrogen-bond acceptors (Lipinski definition) is 2. The highest BCUT2D eigenvalue weighted by atomic mass is 32.2. The summed E-state index contributed by atoms with van der Waals surface area (Å²) in [6, 6.07) is 2.97. The molecule has 1 amide bonds. The van der Waals surface area contributed by atoms with Gasteiger partial charge in [0.05, 0.1) is 10.1 Å². The fourth-order valence-corrected chi connectivity index (χ4v) is 3.71. The van der Waals surface area contributed by atoms with Crippen molar-refractivity contribution >= 4 is 17.7 Å². The summed E-state index contributed by atoms with van der Waals surface area (Å²) in [6.45, 7) is 8.13. The van der Waals surface area contributed by atoms with Crippen molar-refractivity contribution in [3.05, 3.63) is 0 Å². The van der Waals surface area contributed by atoms with E-state index in [4.69, 9.17) is 0 Å². The minimum Gasteiger partial charge on any atom is -0.273 e. The van der Waals surface area contributed by atoms with Crippen molar-refractivity contribution in [1.82, 2.24) is 4.90 Å². The van der Waals surface area contributed by atoms with E-state index in [0.717, 1.165) is 6.42 Å². The molecule has 3 heteroatoms. The van der Waals surface area contributed by atoms with E-state index in [2.05, 4.69) is 25.8 Å². The van der Waals surface area contributed by atoms with E-state index in [1.807, 2.05) is 6.92 Å². The monoisotopic (exact) mass is 253 g/mol. The molecule has 0 aromatic rings. The molecule has 17 heavy (non-hydrogen) atoms. The van der Waals surface area contributed by atoms with E-state index >= 15 is 0 Å². The molecule has 1 aliphatic rings.